The molecule has 0 atom stereocenters. The molecule has 3 aromatic rings. The number of carbonyl (C=O) groups excluding carboxylic acids is 1. The van der Waals surface area contributed by atoms with Gasteiger partial charge in [-0.05, 0) is 36.4 Å². The number of aromatic amines is 1. The van der Waals surface area contributed by atoms with E-state index in [0.29, 0.717) is 21.7 Å². The third-order valence-corrected chi connectivity index (χ3v) is 3.40. The summed E-state index contributed by atoms with van der Waals surface area (Å²) >= 11 is 5.92. The maximum atomic E-state index is 12.5. The molecular formula is C16H9ClN2O. The summed E-state index contributed by atoms with van der Waals surface area (Å²) < 4.78 is 0. The zero-order chi connectivity index (χ0) is 14.1. The van der Waals surface area contributed by atoms with Crippen LogP contribution in [0.1, 0.15) is 21.5 Å². The molecule has 0 amide bonds. The SMILES string of the molecule is N#Cc1ccc(C(=O)c2c[nH]c3cc(Cl)ccc23)cc1. The summed E-state index contributed by atoms with van der Waals surface area (Å²) in [6.45, 7) is 0. The molecule has 0 unspecified atom stereocenters. The van der Waals surface area contributed by atoms with Crippen molar-refractivity contribution >= 4 is 28.3 Å². The zero-order valence-electron chi connectivity index (χ0n) is 10.4. The summed E-state index contributed by atoms with van der Waals surface area (Å²) in [6.07, 6.45) is 1.68. The van der Waals surface area contributed by atoms with E-state index in [2.05, 4.69) is 4.98 Å². The van der Waals surface area contributed by atoms with Crippen LogP contribution >= 0.6 is 11.6 Å². The fourth-order valence-electron chi connectivity index (χ4n) is 2.14. The number of benzene rings is 2. The lowest BCUT2D eigenvalue weighted by molar-refractivity contribution is 0.104. The van der Waals surface area contributed by atoms with Crippen LogP contribution in [0.4, 0.5) is 0 Å². The largest absolute Gasteiger partial charge is 0.360 e. The van der Waals surface area contributed by atoms with Gasteiger partial charge in [0.1, 0.15) is 0 Å². The molecule has 1 aromatic heterocycles. The van der Waals surface area contributed by atoms with Gasteiger partial charge in [-0.1, -0.05) is 17.7 Å². The number of nitrogens with one attached hydrogen (secondary N) is 1. The minimum Gasteiger partial charge on any atom is -0.360 e. The topological polar surface area (TPSA) is 56.6 Å². The molecule has 4 heteroatoms. The van der Waals surface area contributed by atoms with Crippen molar-refractivity contribution < 1.29 is 4.79 Å². The van der Waals surface area contributed by atoms with Crippen molar-refractivity contribution in [1.82, 2.24) is 4.98 Å². The van der Waals surface area contributed by atoms with Gasteiger partial charge in [-0.2, -0.15) is 5.26 Å². The Hall–Kier alpha value is -2.57. The van der Waals surface area contributed by atoms with Gasteiger partial charge in [-0.15, -0.1) is 0 Å². The first-order chi connectivity index (χ1) is 9.69. The molecule has 0 aliphatic rings. The van der Waals surface area contributed by atoms with Gasteiger partial charge in [0.25, 0.3) is 0 Å². The average Bonchev–Trinajstić information content (AvgIpc) is 2.89. The molecule has 20 heavy (non-hydrogen) atoms. The van der Waals surface area contributed by atoms with E-state index in [1.54, 1.807) is 42.6 Å². The summed E-state index contributed by atoms with van der Waals surface area (Å²) in [6, 6.07) is 14.0. The van der Waals surface area contributed by atoms with Crippen molar-refractivity contribution in [3.63, 3.8) is 0 Å². The van der Waals surface area contributed by atoms with Gasteiger partial charge in [0.15, 0.2) is 5.78 Å². The van der Waals surface area contributed by atoms with Gasteiger partial charge in [0.2, 0.25) is 0 Å². The second-order valence-corrected chi connectivity index (χ2v) is 4.85. The van der Waals surface area contributed by atoms with Gasteiger partial charge in [0.05, 0.1) is 11.6 Å². The van der Waals surface area contributed by atoms with Crippen molar-refractivity contribution in [2.75, 3.05) is 0 Å². The van der Waals surface area contributed by atoms with Crippen molar-refractivity contribution in [1.29, 1.82) is 5.26 Å². The van der Waals surface area contributed by atoms with E-state index < -0.39 is 0 Å². The Bertz CT molecular complexity index is 841. The number of halogens is 1. The van der Waals surface area contributed by atoms with Crippen LogP contribution in [-0.2, 0) is 0 Å². The monoisotopic (exact) mass is 280 g/mol. The Balaban J connectivity index is 2.06. The molecule has 2 aromatic carbocycles. The Morgan fingerprint density at radius 3 is 2.60 bits per heavy atom. The summed E-state index contributed by atoms with van der Waals surface area (Å²) in [5, 5.41) is 10.2. The van der Waals surface area contributed by atoms with Crippen LogP contribution in [0.15, 0.2) is 48.7 Å². The van der Waals surface area contributed by atoms with Crippen LogP contribution in [0.25, 0.3) is 10.9 Å². The number of aromatic nitrogens is 1. The van der Waals surface area contributed by atoms with Crippen molar-refractivity contribution in [3.05, 3.63) is 70.4 Å². The molecule has 1 heterocycles. The number of nitriles is 1. The summed E-state index contributed by atoms with van der Waals surface area (Å²) in [7, 11) is 0. The molecule has 0 fully saturated rings. The van der Waals surface area contributed by atoms with Crippen LogP contribution < -0.4 is 0 Å². The Labute approximate surface area is 120 Å². The highest BCUT2D eigenvalue weighted by Crippen LogP contribution is 2.24. The molecule has 96 valence electrons. The molecule has 3 rings (SSSR count). The number of carbonyl (C=O) groups is 1. The fraction of sp³-hybridized carbons (Fsp3) is 0. The molecule has 0 spiro atoms. The minimum absolute atomic E-state index is 0.0805. The first-order valence-electron chi connectivity index (χ1n) is 6.00. The summed E-state index contributed by atoms with van der Waals surface area (Å²) in [5.41, 5.74) is 2.52. The lowest BCUT2D eigenvalue weighted by atomic mass is 10.0. The number of ketones is 1. The highest BCUT2D eigenvalue weighted by molar-refractivity contribution is 6.31. The van der Waals surface area contributed by atoms with Gasteiger partial charge >= 0.3 is 0 Å². The maximum absolute atomic E-state index is 12.5. The minimum atomic E-state index is -0.0805. The van der Waals surface area contributed by atoms with Gasteiger partial charge in [-0.3, -0.25) is 4.79 Å². The van der Waals surface area contributed by atoms with Crippen molar-refractivity contribution in [2.24, 2.45) is 0 Å². The number of hydrogen-bond donors (Lipinski definition) is 1. The van der Waals surface area contributed by atoms with Crippen molar-refractivity contribution in [3.8, 4) is 6.07 Å². The van der Waals surface area contributed by atoms with Crippen LogP contribution in [0.5, 0.6) is 0 Å². The quantitative estimate of drug-likeness (QED) is 0.723. The number of H-pyrrole nitrogens is 1. The van der Waals surface area contributed by atoms with E-state index >= 15 is 0 Å². The predicted molar refractivity (Wildman–Crippen MR) is 77.9 cm³/mol. The smallest absolute Gasteiger partial charge is 0.195 e. The molecule has 0 aliphatic heterocycles. The first-order valence-corrected chi connectivity index (χ1v) is 6.38. The van der Waals surface area contributed by atoms with E-state index in [9.17, 15) is 4.79 Å². The number of nitrogens with zero attached hydrogens (tertiary/aromatic N) is 1. The first kappa shape index (κ1) is 12.5. The van der Waals surface area contributed by atoms with Gasteiger partial charge < -0.3 is 4.98 Å². The molecule has 0 saturated heterocycles. The van der Waals surface area contributed by atoms with Gasteiger partial charge in [-0.25, -0.2) is 0 Å². The van der Waals surface area contributed by atoms with Crippen LogP contribution in [0.2, 0.25) is 5.02 Å². The number of hydrogen-bond acceptors (Lipinski definition) is 2. The number of fused-ring (bicyclic) bond motifs is 1. The molecule has 1 N–H and O–H groups in total. The number of rotatable bonds is 2. The summed E-state index contributed by atoms with van der Waals surface area (Å²) in [4.78, 5) is 15.5. The normalized spacial score (nSPS) is 10.4. The molecule has 3 nitrogen and oxygen atoms in total. The molecule has 0 saturated carbocycles. The predicted octanol–water partition coefficient (Wildman–Crippen LogP) is 3.92. The van der Waals surface area contributed by atoms with Gasteiger partial charge in [0, 0.05) is 33.2 Å². The van der Waals surface area contributed by atoms with E-state index in [1.165, 1.54) is 0 Å². The van der Waals surface area contributed by atoms with E-state index in [1.807, 2.05) is 12.1 Å². The van der Waals surface area contributed by atoms with Crippen molar-refractivity contribution in [2.45, 2.75) is 0 Å². The zero-order valence-corrected chi connectivity index (χ0v) is 11.1. The molecule has 0 radical (unpaired) electrons. The summed E-state index contributed by atoms with van der Waals surface area (Å²) in [5.74, 6) is -0.0805. The molecule has 0 aliphatic carbocycles. The highest BCUT2D eigenvalue weighted by Gasteiger charge is 2.14. The molecular weight excluding hydrogens is 272 g/mol. The third-order valence-electron chi connectivity index (χ3n) is 3.16. The standard InChI is InChI=1S/C16H9ClN2O/c17-12-5-6-13-14(9-19-15(13)7-12)16(20)11-3-1-10(8-18)2-4-11/h1-7,9,19H. The van der Waals surface area contributed by atoms with Crippen LogP contribution in [0.3, 0.4) is 0 Å². The lowest BCUT2D eigenvalue weighted by Crippen LogP contribution is -2.00. The fourth-order valence-corrected chi connectivity index (χ4v) is 2.31. The van der Waals surface area contributed by atoms with E-state index in [0.717, 1.165) is 10.9 Å². The Morgan fingerprint density at radius 2 is 1.90 bits per heavy atom. The second-order valence-electron chi connectivity index (χ2n) is 4.41. The Morgan fingerprint density at radius 1 is 1.15 bits per heavy atom. The second kappa shape index (κ2) is 4.84. The van der Waals surface area contributed by atoms with Crippen LogP contribution in [-0.4, -0.2) is 10.8 Å². The maximum Gasteiger partial charge on any atom is 0.195 e. The molecule has 0 bridgehead atoms. The Kier molecular flexibility index (Phi) is 3.02. The van der Waals surface area contributed by atoms with Crippen LogP contribution in [0, 0.1) is 11.3 Å². The average molecular weight is 281 g/mol. The third kappa shape index (κ3) is 2.07. The lowest BCUT2D eigenvalue weighted by Gasteiger charge is -2.00. The van der Waals surface area contributed by atoms with E-state index in [4.69, 9.17) is 16.9 Å². The highest BCUT2D eigenvalue weighted by atomic mass is 35.5. The van der Waals surface area contributed by atoms with E-state index in [-0.39, 0.29) is 5.78 Å².